The van der Waals surface area contributed by atoms with Crippen molar-refractivity contribution in [2.75, 3.05) is 25.0 Å². The maximum atomic E-state index is 6.26. The molecule has 4 rings (SSSR count). The maximum Gasteiger partial charge on any atom is 0.0702 e. The van der Waals surface area contributed by atoms with Crippen LogP contribution in [0.15, 0.2) is 60.8 Å². The van der Waals surface area contributed by atoms with Crippen LogP contribution in [0.1, 0.15) is 5.56 Å². The van der Waals surface area contributed by atoms with Crippen LogP contribution in [0.3, 0.4) is 0 Å². The van der Waals surface area contributed by atoms with E-state index in [9.17, 15) is 0 Å². The number of nitrogens with zero attached hydrogens (tertiary/aromatic N) is 3. The van der Waals surface area contributed by atoms with E-state index in [1.807, 2.05) is 42.6 Å². The number of pyridine rings is 1. The van der Waals surface area contributed by atoms with Gasteiger partial charge in [-0.15, -0.1) is 0 Å². The highest BCUT2D eigenvalue weighted by Gasteiger charge is 2.20. The van der Waals surface area contributed by atoms with E-state index in [0.717, 1.165) is 36.6 Å². The number of halogens is 2. The van der Waals surface area contributed by atoms with Gasteiger partial charge in [0.15, 0.2) is 0 Å². The van der Waals surface area contributed by atoms with Crippen molar-refractivity contribution in [3.8, 4) is 11.3 Å². The van der Waals surface area contributed by atoms with E-state index in [0.29, 0.717) is 10.0 Å². The molecule has 0 radical (unpaired) electrons. The minimum atomic E-state index is 0.577. The zero-order valence-corrected chi connectivity index (χ0v) is 16.0. The molecule has 26 heavy (non-hydrogen) atoms. The second-order valence-electron chi connectivity index (χ2n) is 6.55. The summed E-state index contributed by atoms with van der Waals surface area (Å²) < 4.78 is 0. The van der Waals surface area contributed by atoms with Gasteiger partial charge in [-0.2, -0.15) is 0 Å². The summed E-state index contributed by atoms with van der Waals surface area (Å²) in [6, 6.07) is 18.4. The Hall–Kier alpha value is -2.07. The molecule has 0 fully saturated rings. The first-order valence-corrected chi connectivity index (χ1v) is 9.33. The quantitative estimate of drug-likeness (QED) is 0.570. The maximum absolute atomic E-state index is 6.26. The molecule has 132 valence electrons. The van der Waals surface area contributed by atoms with Crippen molar-refractivity contribution < 1.29 is 0 Å². The fourth-order valence-electron chi connectivity index (χ4n) is 3.35. The highest BCUT2D eigenvalue weighted by molar-refractivity contribution is 6.42. The normalized spacial score (nSPS) is 14.8. The first-order chi connectivity index (χ1) is 12.6. The largest absolute Gasteiger partial charge is 0.340 e. The van der Waals surface area contributed by atoms with Crippen molar-refractivity contribution in [1.82, 2.24) is 9.88 Å². The average Bonchev–Trinajstić information content (AvgIpc) is 2.82. The van der Waals surface area contributed by atoms with Crippen molar-refractivity contribution in [3.05, 3.63) is 76.4 Å². The fraction of sp³-hybridized carbons (Fsp3) is 0.190. The Kier molecular flexibility index (Phi) is 4.86. The molecule has 2 aromatic carbocycles. The van der Waals surface area contributed by atoms with Gasteiger partial charge in [0.1, 0.15) is 0 Å². The lowest BCUT2D eigenvalue weighted by atomic mass is 10.0. The third-order valence-corrected chi connectivity index (χ3v) is 5.43. The Morgan fingerprint density at radius 2 is 1.81 bits per heavy atom. The standard InChI is InChI=1S/C21H19Cl2N3/c1-25-10-11-26(17-6-7-18(22)19(23)13-17)21-8-5-15(12-16(21)14-25)20-4-2-3-9-24-20/h2-9,12-13H,10-11,14H2,1H3. The van der Waals surface area contributed by atoms with E-state index in [1.165, 1.54) is 11.3 Å². The Morgan fingerprint density at radius 3 is 2.58 bits per heavy atom. The summed E-state index contributed by atoms with van der Waals surface area (Å²) >= 11 is 12.4. The third-order valence-electron chi connectivity index (χ3n) is 4.69. The third kappa shape index (κ3) is 3.43. The van der Waals surface area contributed by atoms with Crippen molar-refractivity contribution in [3.63, 3.8) is 0 Å². The van der Waals surface area contributed by atoms with Gasteiger partial charge >= 0.3 is 0 Å². The van der Waals surface area contributed by atoms with E-state index >= 15 is 0 Å². The van der Waals surface area contributed by atoms with Crippen LogP contribution in [0.2, 0.25) is 10.0 Å². The minimum absolute atomic E-state index is 0.577. The topological polar surface area (TPSA) is 19.4 Å². The van der Waals surface area contributed by atoms with Crippen LogP contribution in [-0.2, 0) is 6.54 Å². The Morgan fingerprint density at radius 1 is 0.923 bits per heavy atom. The monoisotopic (exact) mass is 383 g/mol. The number of likely N-dealkylation sites (N-methyl/N-ethyl adjacent to an activating group) is 1. The van der Waals surface area contributed by atoms with Crippen LogP contribution >= 0.6 is 23.2 Å². The number of anilines is 2. The predicted molar refractivity (Wildman–Crippen MR) is 109 cm³/mol. The zero-order chi connectivity index (χ0) is 18.1. The number of fused-ring (bicyclic) bond motifs is 1. The number of hydrogen-bond donors (Lipinski definition) is 0. The Bertz CT molecular complexity index is 928. The molecule has 0 aliphatic carbocycles. The molecule has 1 aliphatic rings. The SMILES string of the molecule is CN1CCN(c2ccc(Cl)c(Cl)c2)c2ccc(-c3ccccn3)cc2C1. The lowest BCUT2D eigenvalue weighted by Crippen LogP contribution is -2.26. The van der Waals surface area contributed by atoms with Crippen molar-refractivity contribution in [2.45, 2.75) is 6.54 Å². The molecule has 3 nitrogen and oxygen atoms in total. The minimum Gasteiger partial charge on any atom is -0.340 e. The molecule has 0 N–H and O–H groups in total. The van der Waals surface area contributed by atoms with Crippen LogP contribution in [-0.4, -0.2) is 30.0 Å². The summed E-state index contributed by atoms with van der Waals surface area (Å²) in [6.45, 7) is 2.76. The summed E-state index contributed by atoms with van der Waals surface area (Å²) in [4.78, 5) is 9.12. The van der Waals surface area contributed by atoms with Gasteiger partial charge in [-0.25, -0.2) is 0 Å². The molecule has 0 bridgehead atoms. The van der Waals surface area contributed by atoms with Crippen LogP contribution in [0, 0.1) is 0 Å². The lowest BCUT2D eigenvalue weighted by molar-refractivity contribution is 0.343. The molecular formula is C21H19Cl2N3. The van der Waals surface area contributed by atoms with Crippen molar-refractivity contribution in [1.29, 1.82) is 0 Å². The molecule has 2 heterocycles. The van der Waals surface area contributed by atoms with Crippen molar-refractivity contribution >= 4 is 34.6 Å². The summed E-state index contributed by atoms with van der Waals surface area (Å²) in [6.07, 6.45) is 1.83. The molecule has 0 spiro atoms. The molecular weight excluding hydrogens is 365 g/mol. The molecule has 0 amide bonds. The summed E-state index contributed by atoms with van der Waals surface area (Å²) in [5.74, 6) is 0. The molecule has 1 aromatic heterocycles. The summed E-state index contributed by atoms with van der Waals surface area (Å²) in [5, 5.41) is 1.15. The second kappa shape index (κ2) is 7.28. The van der Waals surface area contributed by atoms with Crippen LogP contribution in [0.25, 0.3) is 11.3 Å². The molecule has 0 saturated heterocycles. The Labute approximate surface area is 163 Å². The summed E-state index contributed by atoms with van der Waals surface area (Å²) in [5.41, 5.74) is 5.66. The van der Waals surface area contributed by atoms with Gasteiger partial charge in [0, 0.05) is 42.8 Å². The molecule has 0 unspecified atom stereocenters. The van der Waals surface area contributed by atoms with E-state index < -0.39 is 0 Å². The van der Waals surface area contributed by atoms with Gasteiger partial charge in [-0.05, 0) is 55.1 Å². The smallest absolute Gasteiger partial charge is 0.0702 e. The van der Waals surface area contributed by atoms with E-state index in [2.05, 4.69) is 40.0 Å². The van der Waals surface area contributed by atoms with Gasteiger partial charge < -0.3 is 9.80 Å². The molecule has 1 aliphatic heterocycles. The number of benzene rings is 2. The molecule has 3 aromatic rings. The molecule has 0 atom stereocenters. The number of aromatic nitrogens is 1. The van der Waals surface area contributed by atoms with Crippen LogP contribution in [0.4, 0.5) is 11.4 Å². The van der Waals surface area contributed by atoms with Crippen LogP contribution < -0.4 is 4.90 Å². The lowest BCUT2D eigenvalue weighted by Gasteiger charge is -2.25. The van der Waals surface area contributed by atoms with Crippen molar-refractivity contribution in [2.24, 2.45) is 0 Å². The number of rotatable bonds is 2. The van der Waals surface area contributed by atoms with Gasteiger partial charge in [0.25, 0.3) is 0 Å². The summed E-state index contributed by atoms with van der Waals surface area (Å²) in [7, 11) is 2.15. The van der Waals surface area contributed by atoms with E-state index in [1.54, 1.807) is 0 Å². The first-order valence-electron chi connectivity index (χ1n) is 8.57. The fourth-order valence-corrected chi connectivity index (χ4v) is 3.64. The first kappa shape index (κ1) is 17.3. The van der Waals surface area contributed by atoms with Gasteiger partial charge in [-0.1, -0.05) is 35.3 Å². The van der Waals surface area contributed by atoms with Crippen LogP contribution in [0.5, 0.6) is 0 Å². The van der Waals surface area contributed by atoms with E-state index in [4.69, 9.17) is 23.2 Å². The predicted octanol–water partition coefficient (Wildman–Crippen LogP) is 5.64. The molecule has 0 saturated carbocycles. The number of hydrogen-bond acceptors (Lipinski definition) is 3. The van der Waals surface area contributed by atoms with Gasteiger partial charge in [0.2, 0.25) is 0 Å². The zero-order valence-electron chi connectivity index (χ0n) is 14.5. The van der Waals surface area contributed by atoms with Gasteiger partial charge in [-0.3, -0.25) is 4.98 Å². The van der Waals surface area contributed by atoms with E-state index in [-0.39, 0.29) is 0 Å². The highest BCUT2D eigenvalue weighted by atomic mass is 35.5. The molecule has 5 heteroatoms. The Balaban J connectivity index is 1.79. The van der Waals surface area contributed by atoms with Gasteiger partial charge in [0.05, 0.1) is 15.7 Å². The average molecular weight is 384 g/mol. The second-order valence-corrected chi connectivity index (χ2v) is 7.36. The highest BCUT2D eigenvalue weighted by Crippen LogP contribution is 2.36.